The van der Waals surface area contributed by atoms with Crippen molar-refractivity contribution in [2.24, 2.45) is 0 Å². The first-order valence-corrected chi connectivity index (χ1v) is 4.65. The van der Waals surface area contributed by atoms with Gasteiger partial charge in [0.15, 0.2) is 0 Å². The van der Waals surface area contributed by atoms with Gasteiger partial charge in [0.1, 0.15) is 5.76 Å². The summed E-state index contributed by atoms with van der Waals surface area (Å²) in [6, 6.07) is 3.86. The van der Waals surface area contributed by atoms with Crippen molar-refractivity contribution in [1.29, 1.82) is 0 Å². The summed E-state index contributed by atoms with van der Waals surface area (Å²) in [6.07, 6.45) is 6.18. The molecule has 0 atom stereocenters. The van der Waals surface area contributed by atoms with Gasteiger partial charge in [0.2, 0.25) is 0 Å². The summed E-state index contributed by atoms with van der Waals surface area (Å²) >= 11 is 0. The molecule has 0 aliphatic carbocycles. The van der Waals surface area contributed by atoms with Crippen LogP contribution in [0.15, 0.2) is 35.3 Å². The minimum Gasteiger partial charge on any atom is -0.468 e. The summed E-state index contributed by atoms with van der Waals surface area (Å²) in [5.74, 6) is 0.967. The molecule has 2 rings (SSSR count). The summed E-state index contributed by atoms with van der Waals surface area (Å²) in [5.41, 5.74) is 1.15. The quantitative estimate of drug-likeness (QED) is 0.814. The van der Waals surface area contributed by atoms with Crippen LogP contribution in [0.1, 0.15) is 11.5 Å². The predicted octanol–water partition coefficient (Wildman–Crippen LogP) is 2.18. The van der Waals surface area contributed by atoms with Crippen molar-refractivity contribution >= 4 is 24.8 Å². The van der Waals surface area contributed by atoms with Gasteiger partial charge in [0.25, 0.3) is 0 Å². The molecule has 0 aliphatic heterocycles. The maximum Gasteiger partial charge on any atom is 0.117 e. The molecule has 4 nitrogen and oxygen atoms in total. The monoisotopic (exact) mass is 263 g/mol. The highest BCUT2D eigenvalue weighted by atomic mass is 35.5. The lowest BCUT2D eigenvalue weighted by Gasteiger charge is -2.00. The van der Waals surface area contributed by atoms with Crippen LogP contribution in [-0.2, 0) is 13.0 Å². The summed E-state index contributed by atoms with van der Waals surface area (Å²) in [6.45, 7) is 1.70. The van der Waals surface area contributed by atoms with E-state index < -0.39 is 0 Å². The Kier molecular flexibility index (Phi) is 7.72. The molecule has 0 fully saturated rings. The molecule has 16 heavy (non-hydrogen) atoms. The second-order valence-electron chi connectivity index (χ2n) is 3.08. The van der Waals surface area contributed by atoms with Crippen molar-refractivity contribution in [1.82, 2.24) is 15.3 Å². The van der Waals surface area contributed by atoms with E-state index in [1.54, 1.807) is 12.6 Å². The number of rotatable bonds is 5. The third-order valence-electron chi connectivity index (χ3n) is 2.01. The Bertz CT molecular complexity index is 312. The Labute approximate surface area is 107 Å². The van der Waals surface area contributed by atoms with Crippen LogP contribution in [0, 0.1) is 0 Å². The van der Waals surface area contributed by atoms with Crippen LogP contribution in [0.2, 0.25) is 0 Å². The van der Waals surface area contributed by atoms with Gasteiger partial charge >= 0.3 is 0 Å². The maximum absolute atomic E-state index is 5.19. The van der Waals surface area contributed by atoms with E-state index in [4.69, 9.17) is 4.42 Å². The minimum absolute atomic E-state index is 0. The molecule has 0 unspecified atom stereocenters. The Balaban J connectivity index is 0.00000112. The van der Waals surface area contributed by atoms with Crippen LogP contribution in [-0.4, -0.2) is 16.5 Å². The van der Waals surface area contributed by atoms with Crippen LogP contribution < -0.4 is 5.32 Å². The zero-order chi connectivity index (χ0) is 9.64. The molecular formula is C10H15Cl2N3O. The number of furan rings is 1. The second kappa shape index (κ2) is 8.21. The highest BCUT2D eigenvalue weighted by molar-refractivity contribution is 5.85. The van der Waals surface area contributed by atoms with E-state index in [9.17, 15) is 0 Å². The van der Waals surface area contributed by atoms with Crippen molar-refractivity contribution in [3.8, 4) is 0 Å². The number of hydrogen-bond donors (Lipinski definition) is 2. The van der Waals surface area contributed by atoms with Crippen molar-refractivity contribution < 1.29 is 4.42 Å². The molecular weight excluding hydrogens is 249 g/mol. The van der Waals surface area contributed by atoms with Crippen molar-refractivity contribution in [3.63, 3.8) is 0 Å². The van der Waals surface area contributed by atoms with Crippen LogP contribution in [0.25, 0.3) is 0 Å². The Hall–Kier alpha value is -0.970. The van der Waals surface area contributed by atoms with Gasteiger partial charge in [0.05, 0.1) is 19.1 Å². The molecule has 2 N–H and O–H groups in total. The average molecular weight is 264 g/mol. The van der Waals surface area contributed by atoms with Gasteiger partial charge < -0.3 is 14.7 Å². The SMILES string of the molecule is Cl.Cl.c1coc(CNCCc2cnc[nH]2)c1. The van der Waals surface area contributed by atoms with Gasteiger partial charge in [-0.15, -0.1) is 24.8 Å². The third-order valence-corrected chi connectivity index (χ3v) is 2.01. The van der Waals surface area contributed by atoms with Crippen LogP contribution in [0.4, 0.5) is 0 Å². The fourth-order valence-electron chi connectivity index (χ4n) is 1.27. The van der Waals surface area contributed by atoms with Crippen LogP contribution >= 0.6 is 24.8 Å². The lowest BCUT2D eigenvalue weighted by atomic mass is 10.3. The second-order valence-corrected chi connectivity index (χ2v) is 3.08. The number of H-pyrrole nitrogens is 1. The first-order valence-electron chi connectivity index (χ1n) is 4.65. The first-order chi connectivity index (χ1) is 6.95. The zero-order valence-corrected chi connectivity index (χ0v) is 10.3. The van der Waals surface area contributed by atoms with Gasteiger partial charge in [-0.2, -0.15) is 0 Å². The minimum atomic E-state index is 0. The molecule has 0 radical (unpaired) electrons. The van der Waals surface area contributed by atoms with E-state index in [1.807, 2.05) is 18.3 Å². The normalized spacial score (nSPS) is 9.25. The van der Waals surface area contributed by atoms with E-state index in [1.165, 1.54) is 0 Å². The summed E-state index contributed by atoms with van der Waals surface area (Å²) in [5, 5.41) is 3.28. The first kappa shape index (κ1) is 15.0. The molecule has 0 amide bonds. The average Bonchev–Trinajstić information content (AvgIpc) is 2.86. The standard InChI is InChI=1S/C10H13N3O.2ClH/c1-2-10(14-5-1)7-11-4-3-9-6-12-8-13-9;;/h1-2,5-6,8,11H,3-4,7H2,(H,12,13);2*1H. The topological polar surface area (TPSA) is 53.9 Å². The summed E-state index contributed by atoms with van der Waals surface area (Å²) in [4.78, 5) is 7.01. The number of aromatic amines is 1. The highest BCUT2D eigenvalue weighted by Crippen LogP contribution is 1.98. The molecule has 0 bridgehead atoms. The molecule has 2 heterocycles. The molecule has 90 valence electrons. The molecule has 0 aliphatic rings. The maximum atomic E-state index is 5.19. The van der Waals surface area contributed by atoms with Gasteiger partial charge in [-0.3, -0.25) is 0 Å². The lowest BCUT2D eigenvalue weighted by Crippen LogP contribution is -2.16. The molecule has 6 heteroatoms. The van der Waals surface area contributed by atoms with Gasteiger partial charge in [-0.05, 0) is 12.1 Å². The van der Waals surface area contributed by atoms with E-state index in [2.05, 4.69) is 15.3 Å². The molecule has 0 spiro atoms. The summed E-state index contributed by atoms with van der Waals surface area (Å²) < 4.78 is 5.19. The zero-order valence-electron chi connectivity index (χ0n) is 8.68. The van der Waals surface area contributed by atoms with Crippen molar-refractivity contribution in [2.75, 3.05) is 6.54 Å². The Morgan fingerprint density at radius 2 is 2.25 bits per heavy atom. The fraction of sp³-hybridized carbons (Fsp3) is 0.300. The molecule has 0 saturated heterocycles. The van der Waals surface area contributed by atoms with Crippen LogP contribution in [0.5, 0.6) is 0 Å². The van der Waals surface area contributed by atoms with Crippen molar-refractivity contribution in [3.05, 3.63) is 42.4 Å². The number of halogens is 2. The number of aromatic nitrogens is 2. The highest BCUT2D eigenvalue weighted by Gasteiger charge is 1.95. The number of imidazole rings is 1. The van der Waals surface area contributed by atoms with E-state index in [-0.39, 0.29) is 24.8 Å². The molecule has 0 aromatic carbocycles. The fourth-order valence-corrected chi connectivity index (χ4v) is 1.27. The van der Waals surface area contributed by atoms with Gasteiger partial charge in [0, 0.05) is 24.9 Å². The Morgan fingerprint density at radius 3 is 2.88 bits per heavy atom. The van der Waals surface area contributed by atoms with E-state index >= 15 is 0 Å². The number of nitrogens with one attached hydrogen (secondary N) is 2. The largest absolute Gasteiger partial charge is 0.468 e. The number of hydrogen-bond acceptors (Lipinski definition) is 3. The van der Waals surface area contributed by atoms with Gasteiger partial charge in [-0.1, -0.05) is 0 Å². The van der Waals surface area contributed by atoms with E-state index in [0.29, 0.717) is 0 Å². The number of nitrogens with zero attached hydrogens (tertiary/aromatic N) is 1. The summed E-state index contributed by atoms with van der Waals surface area (Å²) in [7, 11) is 0. The third kappa shape index (κ3) is 4.70. The molecule has 2 aromatic rings. The molecule has 0 saturated carbocycles. The predicted molar refractivity (Wildman–Crippen MR) is 67.2 cm³/mol. The van der Waals surface area contributed by atoms with E-state index in [0.717, 1.165) is 31.0 Å². The van der Waals surface area contributed by atoms with Crippen molar-refractivity contribution in [2.45, 2.75) is 13.0 Å². The Morgan fingerprint density at radius 1 is 1.38 bits per heavy atom. The lowest BCUT2D eigenvalue weighted by molar-refractivity contribution is 0.484. The van der Waals surface area contributed by atoms with Crippen LogP contribution in [0.3, 0.4) is 0 Å². The smallest absolute Gasteiger partial charge is 0.117 e. The molecule has 2 aromatic heterocycles. The van der Waals surface area contributed by atoms with Gasteiger partial charge in [-0.25, -0.2) is 4.98 Å².